The lowest BCUT2D eigenvalue weighted by Gasteiger charge is -1.97. The quantitative estimate of drug-likeness (QED) is 0.735. The predicted molar refractivity (Wildman–Crippen MR) is 69.7 cm³/mol. The molecular formula is C11H7F3N6S. The van der Waals surface area contributed by atoms with Crippen LogP contribution in [0.25, 0.3) is 16.5 Å². The first kappa shape index (κ1) is 13.5. The van der Waals surface area contributed by atoms with Crippen LogP contribution in [-0.4, -0.2) is 25.0 Å². The van der Waals surface area contributed by atoms with Crippen molar-refractivity contribution < 1.29 is 13.2 Å². The van der Waals surface area contributed by atoms with Gasteiger partial charge in [0.1, 0.15) is 6.33 Å². The molecule has 3 rings (SSSR count). The Kier molecular flexibility index (Phi) is 3.09. The third-order valence-corrected chi connectivity index (χ3v) is 3.47. The molecule has 0 radical (unpaired) electrons. The monoisotopic (exact) mass is 312 g/mol. The summed E-state index contributed by atoms with van der Waals surface area (Å²) in [5.41, 5.74) is 6.87. The van der Waals surface area contributed by atoms with Crippen LogP contribution in [0.2, 0.25) is 0 Å². The molecule has 0 aliphatic carbocycles. The zero-order valence-corrected chi connectivity index (χ0v) is 11.1. The first-order valence-electron chi connectivity index (χ1n) is 5.62. The average Bonchev–Trinajstić information content (AvgIpc) is 3.07. The highest BCUT2D eigenvalue weighted by atomic mass is 32.1. The molecule has 0 fully saturated rings. The van der Waals surface area contributed by atoms with Gasteiger partial charge >= 0.3 is 6.18 Å². The van der Waals surface area contributed by atoms with E-state index in [-0.39, 0.29) is 5.13 Å². The minimum absolute atomic E-state index is 0.00322. The number of anilines is 1. The van der Waals surface area contributed by atoms with E-state index in [4.69, 9.17) is 5.73 Å². The largest absolute Gasteiger partial charge is 0.445 e. The van der Waals surface area contributed by atoms with Crippen LogP contribution < -0.4 is 5.73 Å². The summed E-state index contributed by atoms with van der Waals surface area (Å²) in [4.78, 5) is 4.03. The van der Waals surface area contributed by atoms with Crippen LogP contribution in [0.4, 0.5) is 18.9 Å². The van der Waals surface area contributed by atoms with Gasteiger partial charge < -0.3 is 5.73 Å². The van der Waals surface area contributed by atoms with E-state index in [0.29, 0.717) is 28.4 Å². The minimum atomic E-state index is -4.52. The Bertz CT molecular complexity index is 761. The molecule has 0 saturated carbocycles. The number of hydrogen-bond acceptors (Lipinski definition) is 6. The van der Waals surface area contributed by atoms with Gasteiger partial charge in [0, 0.05) is 11.3 Å². The molecule has 0 amide bonds. The molecule has 0 bridgehead atoms. The highest BCUT2D eigenvalue weighted by molar-refractivity contribution is 7.13. The van der Waals surface area contributed by atoms with Crippen LogP contribution in [0, 0.1) is 0 Å². The number of halogens is 3. The van der Waals surface area contributed by atoms with Gasteiger partial charge in [-0.1, -0.05) is 11.3 Å². The van der Waals surface area contributed by atoms with Crippen molar-refractivity contribution >= 4 is 17.0 Å². The first-order valence-corrected chi connectivity index (χ1v) is 6.44. The highest BCUT2D eigenvalue weighted by Gasteiger charge is 2.36. The summed E-state index contributed by atoms with van der Waals surface area (Å²) in [6.07, 6.45) is -3.23. The van der Waals surface area contributed by atoms with Crippen molar-refractivity contribution in [1.82, 2.24) is 25.0 Å². The van der Waals surface area contributed by atoms with Crippen LogP contribution in [-0.2, 0) is 6.18 Å². The fourth-order valence-corrected chi connectivity index (χ4v) is 2.18. The van der Waals surface area contributed by atoms with Gasteiger partial charge in [0.25, 0.3) is 0 Å². The van der Waals surface area contributed by atoms with Gasteiger partial charge in [-0.3, -0.25) is 0 Å². The molecule has 2 N–H and O–H groups in total. The van der Waals surface area contributed by atoms with Crippen molar-refractivity contribution in [3.05, 3.63) is 35.6 Å². The van der Waals surface area contributed by atoms with Crippen molar-refractivity contribution in [3.8, 4) is 16.5 Å². The maximum Gasteiger partial charge on any atom is 0.445 e. The molecular weight excluding hydrogens is 305 g/mol. The SMILES string of the molecule is Nc1ccc(-c2ncn(-c3nnc(C(F)(F)F)s3)n2)cc1. The molecule has 0 aliphatic heterocycles. The maximum atomic E-state index is 12.5. The fourth-order valence-electron chi connectivity index (χ4n) is 1.54. The van der Waals surface area contributed by atoms with Crippen LogP contribution >= 0.6 is 11.3 Å². The Balaban J connectivity index is 1.91. The van der Waals surface area contributed by atoms with Crippen LogP contribution in [0.15, 0.2) is 30.6 Å². The molecule has 0 spiro atoms. The standard InChI is InChI=1S/C11H7F3N6S/c12-11(13,14)9-17-18-10(21-9)20-5-16-8(19-20)6-1-3-7(15)4-2-6/h1-5H,15H2. The molecule has 1 aromatic carbocycles. The van der Waals surface area contributed by atoms with E-state index < -0.39 is 11.2 Å². The van der Waals surface area contributed by atoms with Gasteiger partial charge in [-0.25, -0.2) is 4.98 Å². The molecule has 6 nitrogen and oxygen atoms in total. The number of benzene rings is 1. The number of aromatic nitrogens is 5. The first-order chi connectivity index (χ1) is 9.93. The normalized spacial score (nSPS) is 11.8. The van der Waals surface area contributed by atoms with E-state index in [1.54, 1.807) is 24.3 Å². The van der Waals surface area contributed by atoms with Gasteiger partial charge in [-0.05, 0) is 24.3 Å². The number of hydrogen-bond donors (Lipinski definition) is 1. The molecule has 3 aromatic rings. The number of nitrogen functional groups attached to an aromatic ring is 1. The van der Waals surface area contributed by atoms with Crippen LogP contribution in [0.3, 0.4) is 0 Å². The molecule has 0 aliphatic rings. The number of nitrogens with zero attached hydrogens (tertiary/aromatic N) is 5. The molecule has 0 atom stereocenters. The topological polar surface area (TPSA) is 82.5 Å². The van der Waals surface area contributed by atoms with E-state index in [2.05, 4.69) is 20.3 Å². The number of nitrogens with two attached hydrogens (primary N) is 1. The second kappa shape index (κ2) is 4.81. The molecule has 108 valence electrons. The van der Waals surface area contributed by atoms with Crippen molar-refractivity contribution in [1.29, 1.82) is 0 Å². The Morgan fingerprint density at radius 2 is 1.81 bits per heavy atom. The van der Waals surface area contributed by atoms with Gasteiger partial charge in [0.05, 0.1) is 0 Å². The van der Waals surface area contributed by atoms with E-state index in [9.17, 15) is 13.2 Å². The van der Waals surface area contributed by atoms with E-state index in [1.807, 2.05) is 0 Å². The summed E-state index contributed by atoms with van der Waals surface area (Å²) >= 11 is 0.397. The van der Waals surface area contributed by atoms with Crippen molar-refractivity contribution in [2.75, 3.05) is 5.73 Å². The summed E-state index contributed by atoms with van der Waals surface area (Å²) in [5, 5.41) is 9.61. The summed E-state index contributed by atoms with van der Waals surface area (Å²) in [6.45, 7) is 0. The smallest absolute Gasteiger partial charge is 0.399 e. The van der Waals surface area contributed by atoms with Gasteiger partial charge in [0.15, 0.2) is 5.82 Å². The molecule has 10 heteroatoms. The zero-order chi connectivity index (χ0) is 15.0. The molecule has 0 saturated heterocycles. The second-order valence-electron chi connectivity index (χ2n) is 4.02. The third kappa shape index (κ3) is 2.70. The predicted octanol–water partition coefficient (Wildman–Crippen LogP) is 2.39. The zero-order valence-electron chi connectivity index (χ0n) is 10.2. The van der Waals surface area contributed by atoms with Gasteiger partial charge in [-0.2, -0.15) is 17.9 Å². The van der Waals surface area contributed by atoms with Crippen molar-refractivity contribution in [2.45, 2.75) is 6.18 Å². The lowest BCUT2D eigenvalue weighted by atomic mass is 10.2. The van der Waals surface area contributed by atoms with Gasteiger partial charge in [-0.15, -0.1) is 15.3 Å². The maximum absolute atomic E-state index is 12.5. The second-order valence-corrected chi connectivity index (χ2v) is 4.98. The summed E-state index contributed by atoms with van der Waals surface area (Å²) in [6, 6.07) is 6.80. The Morgan fingerprint density at radius 3 is 2.43 bits per heavy atom. The summed E-state index contributed by atoms with van der Waals surface area (Å²) in [5.74, 6) is 0.360. The van der Waals surface area contributed by atoms with E-state index in [0.717, 1.165) is 4.68 Å². The number of alkyl halides is 3. The fraction of sp³-hybridized carbons (Fsp3) is 0.0909. The van der Waals surface area contributed by atoms with Crippen LogP contribution in [0.5, 0.6) is 0 Å². The number of rotatable bonds is 2. The van der Waals surface area contributed by atoms with Crippen molar-refractivity contribution in [3.63, 3.8) is 0 Å². The van der Waals surface area contributed by atoms with Crippen LogP contribution in [0.1, 0.15) is 5.01 Å². The van der Waals surface area contributed by atoms with Crippen molar-refractivity contribution in [2.24, 2.45) is 0 Å². The lowest BCUT2D eigenvalue weighted by Crippen LogP contribution is -2.03. The summed E-state index contributed by atoms with van der Waals surface area (Å²) < 4.78 is 38.6. The Labute approximate surface area is 120 Å². The molecule has 2 heterocycles. The minimum Gasteiger partial charge on any atom is -0.399 e. The average molecular weight is 312 g/mol. The Morgan fingerprint density at radius 1 is 1.10 bits per heavy atom. The third-order valence-electron chi connectivity index (χ3n) is 2.51. The lowest BCUT2D eigenvalue weighted by molar-refractivity contribution is -0.138. The van der Waals surface area contributed by atoms with E-state index in [1.165, 1.54) is 6.33 Å². The molecule has 21 heavy (non-hydrogen) atoms. The summed E-state index contributed by atoms with van der Waals surface area (Å²) in [7, 11) is 0. The Hall–Kier alpha value is -2.49. The highest BCUT2D eigenvalue weighted by Crippen LogP contribution is 2.32. The van der Waals surface area contributed by atoms with E-state index >= 15 is 0 Å². The van der Waals surface area contributed by atoms with Gasteiger partial charge in [0.2, 0.25) is 10.1 Å². The molecule has 2 aromatic heterocycles. The molecule has 0 unspecified atom stereocenters.